The summed E-state index contributed by atoms with van der Waals surface area (Å²) in [5.41, 5.74) is 0. The summed E-state index contributed by atoms with van der Waals surface area (Å²) in [6.45, 7) is 5.62. The van der Waals surface area contributed by atoms with Gasteiger partial charge < -0.3 is 15.5 Å². The number of hydrogen-bond acceptors (Lipinski definition) is 6. The second-order valence-corrected chi connectivity index (χ2v) is 3.93. The molecule has 0 aliphatic rings. The van der Waals surface area contributed by atoms with Crippen molar-refractivity contribution in [3.05, 3.63) is 34.7 Å². The van der Waals surface area contributed by atoms with Crippen LogP contribution in [0.5, 0.6) is 0 Å². The predicted molar refractivity (Wildman–Crippen MR) is 73.6 cm³/mol. The molecular formula is C12H21N3O4. The number of hydrogen-bond donors (Lipinski definition) is 3. The smallest absolute Gasteiger partial charge is 0.222 e. The first kappa shape index (κ1) is 17.3. The van der Waals surface area contributed by atoms with Crippen LogP contribution in [0.4, 0.5) is 0 Å². The Balaban J connectivity index is 3.78. The van der Waals surface area contributed by atoms with Gasteiger partial charge in [-0.1, -0.05) is 13.5 Å². The zero-order valence-electron chi connectivity index (χ0n) is 11.0. The van der Waals surface area contributed by atoms with E-state index in [4.69, 9.17) is 0 Å². The van der Waals surface area contributed by atoms with E-state index in [-0.39, 0.29) is 6.54 Å². The summed E-state index contributed by atoms with van der Waals surface area (Å²) in [5.74, 6) is 0.393. The normalized spacial score (nSPS) is 14.7. The van der Waals surface area contributed by atoms with Crippen LogP contribution in [-0.4, -0.2) is 46.6 Å². The van der Waals surface area contributed by atoms with Crippen molar-refractivity contribution in [2.24, 2.45) is 4.99 Å². The van der Waals surface area contributed by atoms with Crippen molar-refractivity contribution in [2.45, 2.75) is 32.0 Å². The zero-order chi connectivity index (χ0) is 14.7. The van der Waals surface area contributed by atoms with Crippen molar-refractivity contribution in [2.75, 3.05) is 13.1 Å². The number of aliphatic imine (C=N–C) groups is 1. The van der Waals surface area contributed by atoms with Crippen LogP contribution < -0.4 is 5.32 Å². The maximum Gasteiger partial charge on any atom is 0.222 e. The summed E-state index contributed by atoms with van der Waals surface area (Å²) in [6.07, 6.45) is 3.64. The van der Waals surface area contributed by atoms with Crippen LogP contribution >= 0.6 is 0 Å². The van der Waals surface area contributed by atoms with E-state index >= 15 is 0 Å². The number of rotatable bonds is 10. The van der Waals surface area contributed by atoms with Gasteiger partial charge in [-0.05, 0) is 25.0 Å². The minimum Gasteiger partial charge on any atom is -0.390 e. The first-order chi connectivity index (χ1) is 8.97. The molecule has 0 rings (SSSR count). The van der Waals surface area contributed by atoms with Gasteiger partial charge in [0.15, 0.2) is 0 Å². The number of nitrogens with one attached hydrogen (secondary N) is 1. The molecule has 0 aromatic heterocycles. The lowest BCUT2D eigenvalue weighted by Crippen LogP contribution is -2.29. The minimum atomic E-state index is -0.769. The predicted octanol–water partition coefficient (Wildman–Crippen LogP) is 0.473. The van der Waals surface area contributed by atoms with E-state index in [1.54, 1.807) is 6.92 Å². The fraction of sp³-hybridized carbons (Fsp3) is 0.583. The summed E-state index contributed by atoms with van der Waals surface area (Å²) in [5, 5.41) is 31.7. The molecule has 0 saturated carbocycles. The quantitative estimate of drug-likeness (QED) is 0.304. The maximum absolute atomic E-state index is 10.0. The van der Waals surface area contributed by atoms with E-state index in [1.165, 1.54) is 18.4 Å². The van der Waals surface area contributed by atoms with Crippen LogP contribution in [0, 0.1) is 10.1 Å². The Labute approximate surface area is 112 Å². The summed E-state index contributed by atoms with van der Waals surface area (Å²) < 4.78 is 0. The van der Waals surface area contributed by atoms with Crippen molar-refractivity contribution >= 4 is 6.21 Å². The fourth-order valence-corrected chi connectivity index (χ4v) is 1.22. The lowest BCUT2D eigenvalue weighted by Gasteiger charge is -2.16. The standard InChI is InChI=1S/C12H21N3O4/c1-3-11(16)12(17)6-8-14-10(2)13-7-4-5-9-15(18)19/h4-5,7,11-12,14,16-17H,2-3,6,8-9H2,1H3/b5-4-,13-7-. The van der Waals surface area contributed by atoms with Crippen molar-refractivity contribution in [3.8, 4) is 0 Å². The zero-order valence-corrected chi connectivity index (χ0v) is 11.0. The fourth-order valence-electron chi connectivity index (χ4n) is 1.22. The Morgan fingerprint density at radius 1 is 1.53 bits per heavy atom. The third kappa shape index (κ3) is 9.93. The number of allylic oxidation sites excluding steroid dienone is 1. The first-order valence-corrected chi connectivity index (χ1v) is 6.07. The Bertz CT molecular complexity index is 342. The lowest BCUT2D eigenvalue weighted by atomic mass is 10.1. The average molecular weight is 271 g/mol. The summed E-state index contributed by atoms with van der Waals surface area (Å²) >= 11 is 0. The van der Waals surface area contributed by atoms with Crippen LogP contribution in [0.15, 0.2) is 29.5 Å². The monoisotopic (exact) mass is 271 g/mol. The molecule has 108 valence electrons. The van der Waals surface area contributed by atoms with Gasteiger partial charge in [0.05, 0.1) is 12.2 Å². The average Bonchev–Trinajstić information content (AvgIpc) is 2.36. The van der Waals surface area contributed by atoms with Gasteiger partial charge in [-0.3, -0.25) is 10.1 Å². The lowest BCUT2D eigenvalue weighted by molar-refractivity contribution is -0.468. The Kier molecular flexibility index (Phi) is 9.29. The molecule has 0 spiro atoms. The molecule has 0 aliphatic heterocycles. The van der Waals surface area contributed by atoms with E-state index in [0.717, 1.165) is 0 Å². The van der Waals surface area contributed by atoms with Gasteiger partial charge in [0, 0.05) is 17.7 Å². The number of nitrogens with zero attached hydrogens (tertiary/aromatic N) is 2. The topological polar surface area (TPSA) is 108 Å². The minimum absolute atomic E-state index is 0.243. The van der Waals surface area contributed by atoms with Crippen molar-refractivity contribution in [1.82, 2.24) is 5.32 Å². The molecule has 0 saturated heterocycles. The van der Waals surface area contributed by atoms with Gasteiger partial charge in [-0.2, -0.15) is 0 Å². The maximum atomic E-state index is 10.0. The van der Waals surface area contributed by atoms with Crippen molar-refractivity contribution < 1.29 is 15.1 Å². The van der Waals surface area contributed by atoms with Gasteiger partial charge in [0.1, 0.15) is 5.82 Å². The first-order valence-electron chi connectivity index (χ1n) is 6.07. The molecule has 7 heteroatoms. The van der Waals surface area contributed by atoms with E-state index in [1.807, 2.05) is 0 Å². The van der Waals surface area contributed by atoms with Gasteiger partial charge >= 0.3 is 0 Å². The van der Waals surface area contributed by atoms with E-state index in [9.17, 15) is 20.3 Å². The molecule has 0 aliphatic carbocycles. The second-order valence-electron chi connectivity index (χ2n) is 3.93. The van der Waals surface area contributed by atoms with Crippen molar-refractivity contribution in [1.29, 1.82) is 0 Å². The molecule has 7 nitrogen and oxygen atoms in total. The molecule has 0 aromatic carbocycles. The highest BCUT2D eigenvalue weighted by molar-refractivity contribution is 5.71. The number of nitro groups is 1. The van der Waals surface area contributed by atoms with E-state index < -0.39 is 17.1 Å². The number of aliphatic hydroxyl groups is 2. The van der Waals surface area contributed by atoms with E-state index in [2.05, 4.69) is 16.9 Å². The highest BCUT2D eigenvalue weighted by Gasteiger charge is 2.12. The molecule has 3 N–H and O–H groups in total. The largest absolute Gasteiger partial charge is 0.390 e. The molecule has 0 fully saturated rings. The third-order valence-electron chi connectivity index (χ3n) is 2.34. The number of aliphatic hydroxyl groups excluding tert-OH is 2. The molecule has 0 radical (unpaired) electrons. The Hall–Kier alpha value is -1.73. The molecular weight excluding hydrogens is 250 g/mol. The van der Waals surface area contributed by atoms with E-state index in [0.29, 0.717) is 25.2 Å². The molecule has 0 aromatic rings. The van der Waals surface area contributed by atoms with Gasteiger partial charge in [-0.15, -0.1) is 0 Å². The van der Waals surface area contributed by atoms with Crippen molar-refractivity contribution in [3.63, 3.8) is 0 Å². The molecule has 0 heterocycles. The van der Waals surface area contributed by atoms with Crippen LogP contribution in [0.2, 0.25) is 0 Å². The molecule has 0 amide bonds. The van der Waals surface area contributed by atoms with Gasteiger partial charge in [0.25, 0.3) is 0 Å². The van der Waals surface area contributed by atoms with Crippen LogP contribution in [0.25, 0.3) is 0 Å². The summed E-state index contributed by atoms with van der Waals surface area (Å²) in [4.78, 5) is 13.5. The Morgan fingerprint density at radius 2 is 2.21 bits per heavy atom. The molecule has 0 bridgehead atoms. The Morgan fingerprint density at radius 3 is 2.79 bits per heavy atom. The highest BCUT2D eigenvalue weighted by atomic mass is 16.6. The molecule has 2 unspecified atom stereocenters. The summed E-state index contributed by atoms with van der Waals surface area (Å²) in [6, 6.07) is 0. The van der Waals surface area contributed by atoms with Gasteiger partial charge in [0.2, 0.25) is 6.54 Å². The second kappa shape index (κ2) is 10.2. The van der Waals surface area contributed by atoms with Crippen LogP contribution in [-0.2, 0) is 0 Å². The molecule has 2 atom stereocenters. The SMILES string of the molecule is C=C(/N=C\C=C/C[N+](=O)[O-])NCCC(O)C(O)CC. The molecule has 19 heavy (non-hydrogen) atoms. The summed E-state index contributed by atoms with van der Waals surface area (Å²) in [7, 11) is 0. The third-order valence-corrected chi connectivity index (χ3v) is 2.34. The van der Waals surface area contributed by atoms with Gasteiger partial charge in [-0.25, -0.2) is 4.99 Å². The highest BCUT2D eigenvalue weighted by Crippen LogP contribution is 2.02. The van der Waals surface area contributed by atoms with Crippen LogP contribution in [0.1, 0.15) is 19.8 Å². The van der Waals surface area contributed by atoms with Crippen LogP contribution in [0.3, 0.4) is 0 Å².